The van der Waals surface area contributed by atoms with Gasteiger partial charge in [-0.25, -0.2) is 0 Å². The maximum absolute atomic E-state index is 13.5. The number of para-hydroxylation sites is 2. The Morgan fingerprint density at radius 3 is 1.97 bits per heavy atom. The molecule has 0 amide bonds. The number of hydrogen-bond acceptors (Lipinski definition) is 6. The van der Waals surface area contributed by atoms with E-state index in [1.54, 1.807) is 0 Å². The van der Waals surface area contributed by atoms with E-state index in [-0.39, 0.29) is 23.1 Å². The van der Waals surface area contributed by atoms with Gasteiger partial charge in [-0.2, -0.15) is 0 Å². The van der Waals surface area contributed by atoms with Crippen molar-refractivity contribution in [2.75, 3.05) is 30.6 Å². The third kappa shape index (κ3) is 4.17. The van der Waals surface area contributed by atoms with Crippen LogP contribution in [0.5, 0.6) is 17.2 Å². The molecular formula is C30H32N2O4. The van der Waals surface area contributed by atoms with Crippen LogP contribution < -0.4 is 19.3 Å². The van der Waals surface area contributed by atoms with Crippen molar-refractivity contribution in [2.24, 2.45) is 5.41 Å². The van der Waals surface area contributed by atoms with Gasteiger partial charge in [0.05, 0.1) is 20.8 Å². The van der Waals surface area contributed by atoms with Crippen molar-refractivity contribution in [2.45, 2.75) is 32.9 Å². The lowest BCUT2D eigenvalue weighted by atomic mass is 9.74. The first-order valence-electron chi connectivity index (χ1n) is 12.2. The van der Waals surface area contributed by atoms with Gasteiger partial charge in [-0.3, -0.25) is 4.79 Å². The largest absolute Gasteiger partial charge is 0.502 e. The molecule has 3 aromatic carbocycles. The summed E-state index contributed by atoms with van der Waals surface area (Å²) in [6.45, 7) is 4.81. The van der Waals surface area contributed by atoms with E-state index in [9.17, 15) is 9.90 Å². The molecule has 3 aromatic rings. The monoisotopic (exact) mass is 484 g/mol. The molecule has 0 saturated carbocycles. The van der Waals surface area contributed by atoms with Crippen LogP contribution in [-0.2, 0) is 4.79 Å². The maximum atomic E-state index is 13.5. The van der Waals surface area contributed by atoms with Crippen LogP contribution in [0.1, 0.15) is 38.4 Å². The van der Waals surface area contributed by atoms with E-state index in [2.05, 4.69) is 47.9 Å². The van der Waals surface area contributed by atoms with Crippen LogP contribution in [0.25, 0.3) is 0 Å². The topological polar surface area (TPSA) is 62.2 Å². The summed E-state index contributed by atoms with van der Waals surface area (Å²) in [6.07, 6.45) is 1.01. The summed E-state index contributed by atoms with van der Waals surface area (Å²) in [5.41, 5.74) is 4.64. The highest BCUT2D eigenvalue weighted by molar-refractivity contribution is 6.00. The van der Waals surface area contributed by atoms with Crippen LogP contribution >= 0.6 is 0 Å². The lowest BCUT2D eigenvalue weighted by Gasteiger charge is -2.51. The van der Waals surface area contributed by atoms with E-state index in [4.69, 9.17) is 9.47 Å². The van der Waals surface area contributed by atoms with E-state index in [1.807, 2.05) is 48.5 Å². The molecule has 6 heteroatoms. The molecule has 1 heterocycles. The van der Waals surface area contributed by atoms with Crippen molar-refractivity contribution < 1.29 is 19.4 Å². The normalized spacial score (nSPS) is 19.2. The second kappa shape index (κ2) is 9.26. The maximum Gasteiger partial charge on any atom is 0.200 e. The Bertz CT molecular complexity index is 1280. The number of aromatic hydroxyl groups is 1. The first-order valence-corrected chi connectivity index (χ1v) is 12.2. The second-order valence-electron chi connectivity index (χ2n) is 10.2. The Balaban J connectivity index is 1.80. The van der Waals surface area contributed by atoms with Crippen LogP contribution in [0.15, 0.2) is 84.1 Å². The number of methoxy groups -OCH3 is 2. The number of carbonyl (C=O) groups is 1. The summed E-state index contributed by atoms with van der Waals surface area (Å²) < 4.78 is 11.0. The third-order valence-corrected chi connectivity index (χ3v) is 7.05. The number of Topliss-reactive ketones (excluding diaryl/α,β-unsaturated/α-hetero) is 1. The molecular weight excluding hydrogens is 452 g/mol. The smallest absolute Gasteiger partial charge is 0.200 e. The Labute approximate surface area is 212 Å². The Hall–Kier alpha value is -3.93. The molecule has 2 aliphatic rings. The molecule has 1 aliphatic heterocycles. The minimum Gasteiger partial charge on any atom is -0.502 e. The molecule has 0 radical (unpaired) electrons. The van der Waals surface area contributed by atoms with Crippen molar-refractivity contribution >= 4 is 17.2 Å². The molecule has 36 heavy (non-hydrogen) atoms. The van der Waals surface area contributed by atoms with E-state index in [0.717, 1.165) is 34.6 Å². The average molecular weight is 485 g/mol. The molecule has 5 rings (SSSR count). The number of carbonyl (C=O) groups excluding carboxylic acids is 1. The Morgan fingerprint density at radius 2 is 1.42 bits per heavy atom. The van der Waals surface area contributed by atoms with Gasteiger partial charge in [0.1, 0.15) is 6.17 Å². The molecule has 0 spiro atoms. The van der Waals surface area contributed by atoms with Crippen LogP contribution in [0, 0.1) is 5.41 Å². The fraction of sp³-hybridized carbons (Fsp3) is 0.300. The Morgan fingerprint density at radius 1 is 0.861 bits per heavy atom. The van der Waals surface area contributed by atoms with Crippen LogP contribution in [0.2, 0.25) is 0 Å². The molecule has 1 atom stereocenters. The number of phenols is 1. The number of phenolic OH excluding ortho intramolecular Hbond substituents is 1. The van der Waals surface area contributed by atoms with E-state index in [0.29, 0.717) is 24.5 Å². The van der Waals surface area contributed by atoms with E-state index < -0.39 is 0 Å². The molecule has 0 bridgehead atoms. The molecule has 0 fully saturated rings. The molecule has 0 aromatic heterocycles. The fourth-order valence-corrected chi connectivity index (χ4v) is 5.41. The van der Waals surface area contributed by atoms with E-state index >= 15 is 0 Å². The number of hydrogen-bond donors (Lipinski definition) is 1. The quantitative estimate of drug-likeness (QED) is 0.474. The third-order valence-electron chi connectivity index (χ3n) is 7.05. The van der Waals surface area contributed by atoms with E-state index in [1.165, 1.54) is 14.2 Å². The molecule has 1 N–H and O–H groups in total. The summed E-state index contributed by atoms with van der Waals surface area (Å²) in [5.74, 6) is 0.837. The van der Waals surface area contributed by atoms with Gasteiger partial charge in [0.2, 0.25) is 5.75 Å². The van der Waals surface area contributed by atoms with Crippen molar-refractivity contribution in [3.05, 3.63) is 89.6 Å². The lowest BCUT2D eigenvalue weighted by molar-refractivity contribution is -0.118. The second-order valence-corrected chi connectivity index (χ2v) is 10.2. The highest BCUT2D eigenvalue weighted by Crippen LogP contribution is 2.50. The van der Waals surface area contributed by atoms with Crippen LogP contribution in [0.3, 0.4) is 0 Å². The minimum absolute atomic E-state index is 0.0361. The summed E-state index contributed by atoms with van der Waals surface area (Å²) in [7, 11) is 3.07. The van der Waals surface area contributed by atoms with Crippen LogP contribution in [-0.4, -0.2) is 31.7 Å². The summed E-state index contributed by atoms with van der Waals surface area (Å²) >= 11 is 0. The zero-order valence-corrected chi connectivity index (χ0v) is 21.2. The fourth-order valence-electron chi connectivity index (χ4n) is 5.41. The molecule has 1 unspecified atom stereocenters. The molecule has 186 valence electrons. The van der Waals surface area contributed by atoms with Gasteiger partial charge in [0.25, 0.3) is 0 Å². The molecule has 0 saturated heterocycles. The SMILES string of the molecule is COc1cc(C2N(c3ccccc3)CC3=C(CC(C)(C)CC3=O)N2c2ccccc2)cc(OC)c1O. The van der Waals surface area contributed by atoms with Gasteiger partial charge < -0.3 is 24.4 Å². The zero-order valence-electron chi connectivity index (χ0n) is 21.2. The first kappa shape index (κ1) is 23.8. The van der Waals surface area contributed by atoms with Crippen LogP contribution in [0.4, 0.5) is 11.4 Å². The first-order chi connectivity index (χ1) is 17.3. The zero-order chi connectivity index (χ0) is 25.4. The number of anilines is 2. The van der Waals surface area contributed by atoms with Gasteiger partial charge in [-0.1, -0.05) is 50.2 Å². The average Bonchev–Trinajstić information content (AvgIpc) is 2.88. The summed E-state index contributed by atoms with van der Waals surface area (Å²) in [4.78, 5) is 18.0. The molecule has 6 nitrogen and oxygen atoms in total. The summed E-state index contributed by atoms with van der Waals surface area (Å²) in [6, 6.07) is 24.0. The van der Waals surface area contributed by atoms with Gasteiger partial charge in [-0.05, 0) is 48.2 Å². The van der Waals surface area contributed by atoms with Gasteiger partial charge >= 0.3 is 0 Å². The predicted molar refractivity (Wildman–Crippen MR) is 142 cm³/mol. The number of benzene rings is 3. The van der Waals surface area contributed by atoms with Crippen molar-refractivity contribution in [3.63, 3.8) is 0 Å². The van der Waals surface area contributed by atoms with Gasteiger partial charge in [-0.15, -0.1) is 0 Å². The highest BCUT2D eigenvalue weighted by Gasteiger charge is 2.44. The lowest BCUT2D eigenvalue weighted by Crippen LogP contribution is -2.51. The van der Waals surface area contributed by atoms with Gasteiger partial charge in [0.15, 0.2) is 17.3 Å². The number of ketones is 1. The Kier molecular flexibility index (Phi) is 6.12. The number of rotatable bonds is 5. The number of ether oxygens (including phenoxy) is 2. The standard InChI is InChI=1S/C30H32N2O4/c1-30(2)17-24-23(25(33)18-30)19-31(21-11-7-5-8-12-21)29(32(24)22-13-9-6-10-14-22)20-15-26(35-3)28(34)27(16-20)36-4/h5-16,29,34H,17-19H2,1-4H3. The van der Waals surface area contributed by atoms with Crippen molar-refractivity contribution in [3.8, 4) is 17.2 Å². The van der Waals surface area contributed by atoms with Crippen molar-refractivity contribution in [1.29, 1.82) is 0 Å². The molecule has 1 aliphatic carbocycles. The minimum atomic E-state index is -0.307. The number of nitrogens with zero attached hydrogens (tertiary/aromatic N) is 2. The van der Waals surface area contributed by atoms with Gasteiger partial charge in [0, 0.05) is 34.6 Å². The number of allylic oxidation sites excluding steroid dienone is 1. The van der Waals surface area contributed by atoms with Crippen molar-refractivity contribution in [1.82, 2.24) is 0 Å². The predicted octanol–water partition coefficient (Wildman–Crippen LogP) is 6.08. The summed E-state index contributed by atoms with van der Waals surface area (Å²) in [5, 5.41) is 10.6. The highest BCUT2D eigenvalue weighted by atomic mass is 16.5.